The number of carbonyl (C=O) groups is 1. The summed E-state index contributed by atoms with van der Waals surface area (Å²) >= 11 is 0. The number of nitrogens with zero attached hydrogens (tertiary/aromatic N) is 3. The normalized spacial score (nSPS) is 23.4. The summed E-state index contributed by atoms with van der Waals surface area (Å²) in [4.78, 5) is 27.5. The molecule has 3 atom stereocenters. The van der Waals surface area contributed by atoms with E-state index in [-0.39, 0.29) is 29.3 Å². The van der Waals surface area contributed by atoms with Crippen molar-refractivity contribution in [2.45, 2.75) is 38.8 Å². The molecule has 0 N–H and O–H groups in total. The van der Waals surface area contributed by atoms with Crippen molar-refractivity contribution in [3.63, 3.8) is 0 Å². The highest BCUT2D eigenvalue weighted by Gasteiger charge is 2.38. The van der Waals surface area contributed by atoms with Crippen LogP contribution < -0.4 is 5.56 Å². The van der Waals surface area contributed by atoms with Gasteiger partial charge in [0.25, 0.3) is 5.56 Å². The molecule has 0 aromatic carbocycles. The predicted octanol–water partition coefficient (Wildman–Crippen LogP) is 2.49. The van der Waals surface area contributed by atoms with Crippen molar-refractivity contribution >= 4 is 5.91 Å². The number of amides is 1. The second kappa shape index (κ2) is 6.21. The maximum atomic E-state index is 13.3. The second-order valence-corrected chi connectivity index (χ2v) is 7.76. The Morgan fingerprint density at radius 1 is 1.08 bits per heavy atom. The summed E-state index contributed by atoms with van der Waals surface area (Å²) in [6.07, 6.45) is 5.02. The Labute approximate surface area is 147 Å². The summed E-state index contributed by atoms with van der Waals surface area (Å²) in [6, 6.07) is 9.29. The molecule has 0 aliphatic carbocycles. The fourth-order valence-corrected chi connectivity index (χ4v) is 4.55. The maximum Gasteiger partial charge on any atom is 0.250 e. The van der Waals surface area contributed by atoms with Crippen LogP contribution in [0.15, 0.2) is 47.5 Å². The van der Waals surface area contributed by atoms with Crippen LogP contribution >= 0.6 is 0 Å². The molecule has 2 aromatic rings. The lowest BCUT2D eigenvalue weighted by atomic mass is 9.82. The van der Waals surface area contributed by atoms with Gasteiger partial charge in [-0.1, -0.05) is 19.9 Å². The zero-order valence-corrected chi connectivity index (χ0v) is 14.8. The lowest BCUT2D eigenvalue weighted by Crippen LogP contribution is -2.51. The molecule has 0 saturated carbocycles. The van der Waals surface area contributed by atoms with Crippen LogP contribution in [0.5, 0.6) is 0 Å². The lowest BCUT2D eigenvalue weighted by molar-refractivity contribution is -0.139. The maximum absolute atomic E-state index is 13.3. The van der Waals surface area contributed by atoms with Gasteiger partial charge in [0, 0.05) is 49.7 Å². The van der Waals surface area contributed by atoms with Gasteiger partial charge < -0.3 is 14.0 Å². The molecular formula is C20H25N3O2. The molecule has 2 aromatic heterocycles. The van der Waals surface area contributed by atoms with Crippen molar-refractivity contribution < 1.29 is 4.79 Å². The van der Waals surface area contributed by atoms with Gasteiger partial charge in [-0.05, 0) is 36.5 Å². The summed E-state index contributed by atoms with van der Waals surface area (Å²) in [7, 11) is 0. The average molecular weight is 339 g/mol. The SMILES string of the molecule is CC(C)[C@H](C(=O)N1CC2CC(C1)c1cccc(=O)n1C2)n1cccc1. The monoisotopic (exact) mass is 339 g/mol. The van der Waals surface area contributed by atoms with Crippen molar-refractivity contribution in [2.24, 2.45) is 11.8 Å². The first-order valence-electron chi connectivity index (χ1n) is 9.15. The van der Waals surface area contributed by atoms with E-state index in [2.05, 4.69) is 13.8 Å². The summed E-state index contributed by atoms with van der Waals surface area (Å²) in [6.45, 7) is 6.39. The molecule has 132 valence electrons. The van der Waals surface area contributed by atoms with Crippen LogP contribution in [-0.2, 0) is 11.3 Å². The first-order chi connectivity index (χ1) is 12.0. The third kappa shape index (κ3) is 2.81. The van der Waals surface area contributed by atoms with E-state index in [1.807, 2.05) is 50.7 Å². The Hall–Kier alpha value is -2.30. The molecule has 2 unspecified atom stereocenters. The Kier molecular flexibility index (Phi) is 4.02. The number of hydrogen-bond donors (Lipinski definition) is 0. The average Bonchev–Trinajstić information content (AvgIpc) is 3.09. The quantitative estimate of drug-likeness (QED) is 0.862. The van der Waals surface area contributed by atoms with E-state index in [9.17, 15) is 9.59 Å². The van der Waals surface area contributed by atoms with Gasteiger partial charge in [-0.25, -0.2) is 0 Å². The zero-order chi connectivity index (χ0) is 17.6. The van der Waals surface area contributed by atoms with Crippen molar-refractivity contribution in [2.75, 3.05) is 13.1 Å². The molecule has 2 bridgehead atoms. The Morgan fingerprint density at radius 3 is 2.56 bits per heavy atom. The fourth-order valence-electron chi connectivity index (χ4n) is 4.55. The van der Waals surface area contributed by atoms with E-state index >= 15 is 0 Å². The highest BCUT2D eigenvalue weighted by atomic mass is 16.2. The summed E-state index contributed by atoms with van der Waals surface area (Å²) in [5.41, 5.74) is 1.17. The van der Waals surface area contributed by atoms with Crippen molar-refractivity contribution in [3.05, 3.63) is 58.8 Å². The molecule has 4 heterocycles. The minimum Gasteiger partial charge on any atom is -0.342 e. The van der Waals surface area contributed by atoms with Gasteiger partial charge >= 0.3 is 0 Å². The summed E-state index contributed by atoms with van der Waals surface area (Å²) < 4.78 is 3.93. The molecule has 1 saturated heterocycles. The van der Waals surface area contributed by atoms with E-state index in [0.717, 1.165) is 25.2 Å². The molecule has 25 heavy (non-hydrogen) atoms. The van der Waals surface area contributed by atoms with Crippen LogP contribution in [0.1, 0.15) is 37.9 Å². The van der Waals surface area contributed by atoms with Crippen molar-refractivity contribution in [1.82, 2.24) is 14.0 Å². The third-order valence-corrected chi connectivity index (χ3v) is 5.62. The van der Waals surface area contributed by atoms with Gasteiger partial charge in [0.2, 0.25) is 5.91 Å². The number of likely N-dealkylation sites (tertiary alicyclic amines) is 1. The lowest BCUT2D eigenvalue weighted by Gasteiger charge is -2.44. The number of carbonyl (C=O) groups excluding carboxylic acids is 1. The summed E-state index contributed by atoms with van der Waals surface area (Å²) in [5.74, 6) is 1.07. The van der Waals surface area contributed by atoms with Gasteiger partial charge in [-0.2, -0.15) is 0 Å². The van der Waals surface area contributed by atoms with Crippen LogP contribution in [0.25, 0.3) is 0 Å². The first kappa shape index (κ1) is 16.2. The van der Waals surface area contributed by atoms with Gasteiger partial charge in [0.15, 0.2) is 0 Å². The van der Waals surface area contributed by atoms with Crippen molar-refractivity contribution in [3.8, 4) is 0 Å². The Bertz CT molecular complexity index is 822. The highest BCUT2D eigenvalue weighted by Crippen LogP contribution is 2.36. The summed E-state index contributed by atoms with van der Waals surface area (Å²) in [5, 5.41) is 0. The molecular weight excluding hydrogens is 314 g/mol. The van der Waals surface area contributed by atoms with E-state index in [1.54, 1.807) is 6.07 Å². The predicted molar refractivity (Wildman–Crippen MR) is 96.4 cm³/mol. The van der Waals surface area contributed by atoms with Crippen LogP contribution in [0.4, 0.5) is 0 Å². The van der Waals surface area contributed by atoms with E-state index in [1.165, 1.54) is 0 Å². The Morgan fingerprint density at radius 2 is 1.84 bits per heavy atom. The van der Waals surface area contributed by atoms with Gasteiger partial charge in [0.05, 0.1) is 0 Å². The standard InChI is InChI=1S/C20H25N3O2/c1-14(2)19(21-8-3-4-9-21)20(25)22-11-15-10-16(13-22)17-6-5-7-18(24)23(17)12-15/h3-9,14-16,19H,10-13H2,1-2H3/t15?,16?,19-/m1/s1. The largest absolute Gasteiger partial charge is 0.342 e. The van der Waals surface area contributed by atoms with Crippen LogP contribution in [0.3, 0.4) is 0 Å². The van der Waals surface area contributed by atoms with Gasteiger partial charge in [0.1, 0.15) is 6.04 Å². The number of rotatable bonds is 3. The number of piperidine rings is 1. The van der Waals surface area contributed by atoms with E-state index in [4.69, 9.17) is 0 Å². The molecule has 2 aliphatic heterocycles. The fraction of sp³-hybridized carbons (Fsp3) is 0.500. The molecule has 0 spiro atoms. The van der Waals surface area contributed by atoms with E-state index < -0.39 is 0 Å². The van der Waals surface area contributed by atoms with E-state index in [0.29, 0.717) is 12.5 Å². The van der Waals surface area contributed by atoms with Gasteiger partial charge in [-0.15, -0.1) is 0 Å². The molecule has 0 radical (unpaired) electrons. The van der Waals surface area contributed by atoms with Gasteiger partial charge in [-0.3, -0.25) is 9.59 Å². The minimum absolute atomic E-state index is 0.0828. The zero-order valence-electron chi connectivity index (χ0n) is 14.8. The molecule has 5 nitrogen and oxygen atoms in total. The van der Waals surface area contributed by atoms with Crippen LogP contribution in [0, 0.1) is 11.8 Å². The second-order valence-electron chi connectivity index (χ2n) is 7.76. The third-order valence-electron chi connectivity index (χ3n) is 5.62. The number of fused-ring (bicyclic) bond motifs is 4. The molecule has 1 fully saturated rings. The van der Waals surface area contributed by atoms with Crippen LogP contribution in [-0.4, -0.2) is 33.0 Å². The number of aromatic nitrogens is 2. The van der Waals surface area contributed by atoms with Crippen molar-refractivity contribution in [1.29, 1.82) is 0 Å². The van der Waals surface area contributed by atoms with Crippen LogP contribution in [0.2, 0.25) is 0 Å². The first-order valence-corrected chi connectivity index (χ1v) is 9.15. The smallest absolute Gasteiger partial charge is 0.250 e. The minimum atomic E-state index is -0.160. The highest BCUT2D eigenvalue weighted by molar-refractivity contribution is 5.81. The molecule has 4 rings (SSSR count). The molecule has 2 aliphatic rings. The number of pyridine rings is 1. The molecule has 5 heteroatoms. The number of hydrogen-bond acceptors (Lipinski definition) is 2. The molecule has 1 amide bonds. The Balaban J connectivity index is 1.61. The topological polar surface area (TPSA) is 47.2 Å².